The number of nitrogens with one attached hydrogen (secondary N) is 1. The highest BCUT2D eigenvalue weighted by Gasteiger charge is 2.32. The summed E-state index contributed by atoms with van der Waals surface area (Å²) in [5.41, 5.74) is 1.46. The number of fused-ring (bicyclic) bond motifs is 1. The molecule has 0 saturated carbocycles. The van der Waals surface area contributed by atoms with Gasteiger partial charge < -0.3 is 5.32 Å². The van der Waals surface area contributed by atoms with Crippen LogP contribution in [0.15, 0.2) is 30.3 Å². The molecule has 2 fully saturated rings. The number of nitrogens with zero attached hydrogens (tertiary/aromatic N) is 1. The summed E-state index contributed by atoms with van der Waals surface area (Å²) in [6, 6.07) is 11.7. The van der Waals surface area contributed by atoms with Crippen LogP contribution < -0.4 is 5.32 Å². The maximum Gasteiger partial charge on any atom is 0.0252 e. The maximum absolute atomic E-state index is 3.56. The third kappa shape index (κ3) is 2.53. The van der Waals surface area contributed by atoms with Gasteiger partial charge in [-0.1, -0.05) is 30.3 Å². The van der Waals surface area contributed by atoms with Crippen LogP contribution >= 0.6 is 0 Å². The molecule has 17 heavy (non-hydrogen) atoms. The fraction of sp³-hybridized carbons (Fsp3) is 0.600. The van der Waals surface area contributed by atoms with E-state index < -0.39 is 0 Å². The molecule has 2 nitrogen and oxygen atoms in total. The Morgan fingerprint density at radius 3 is 2.94 bits per heavy atom. The van der Waals surface area contributed by atoms with Crippen LogP contribution in [0.25, 0.3) is 0 Å². The van der Waals surface area contributed by atoms with Crippen molar-refractivity contribution in [2.45, 2.75) is 31.8 Å². The summed E-state index contributed by atoms with van der Waals surface area (Å²) in [4.78, 5) is 2.69. The van der Waals surface area contributed by atoms with E-state index in [0.717, 1.165) is 18.5 Å². The van der Waals surface area contributed by atoms with Crippen LogP contribution in [0.4, 0.5) is 0 Å². The summed E-state index contributed by atoms with van der Waals surface area (Å²) in [7, 11) is 0. The van der Waals surface area contributed by atoms with Crippen molar-refractivity contribution in [1.82, 2.24) is 10.2 Å². The molecular formula is C15H22N2. The van der Waals surface area contributed by atoms with E-state index in [1.54, 1.807) is 0 Å². The number of hydrogen-bond acceptors (Lipinski definition) is 2. The number of hydrogen-bond donors (Lipinski definition) is 1. The molecule has 3 rings (SSSR count). The summed E-state index contributed by atoms with van der Waals surface area (Å²) in [6.07, 6.45) is 4.20. The summed E-state index contributed by atoms with van der Waals surface area (Å²) < 4.78 is 0. The lowest BCUT2D eigenvalue weighted by Crippen LogP contribution is -2.53. The second kappa shape index (κ2) is 5.19. The maximum atomic E-state index is 3.56. The fourth-order valence-electron chi connectivity index (χ4n) is 3.40. The Bertz CT molecular complexity index is 347. The van der Waals surface area contributed by atoms with Crippen molar-refractivity contribution in [2.75, 3.05) is 19.6 Å². The average molecular weight is 230 g/mol. The molecule has 92 valence electrons. The smallest absolute Gasteiger partial charge is 0.0252 e. The molecule has 2 saturated heterocycles. The average Bonchev–Trinajstić information content (AvgIpc) is 2.40. The number of piperidine rings is 2. The Labute approximate surface area is 104 Å². The van der Waals surface area contributed by atoms with Crippen LogP contribution in [0.2, 0.25) is 0 Å². The van der Waals surface area contributed by atoms with Crippen LogP contribution in [0.3, 0.4) is 0 Å². The van der Waals surface area contributed by atoms with Gasteiger partial charge in [-0.25, -0.2) is 0 Å². The largest absolute Gasteiger partial charge is 0.315 e. The predicted molar refractivity (Wildman–Crippen MR) is 70.9 cm³/mol. The van der Waals surface area contributed by atoms with Gasteiger partial charge in [0.2, 0.25) is 0 Å². The highest BCUT2D eigenvalue weighted by Crippen LogP contribution is 2.29. The van der Waals surface area contributed by atoms with E-state index in [1.165, 1.54) is 44.5 Å². The summed E-state index contributed by atoms with van der Waals surface area (Å²) >= 11 is 0. The lowest BCUT2D eigenvalue weighted by atomic mass is 9.84. The van der Waals surface area contributed by atoms with E-state index in [1.807, 2.05) is 0 Å². The molecule has 0 radical (unpaired) electrons. The predicted octanol–water partition coefficient (Wildman–Crippen LogP) is 2.26. The van der Waals surface area contributed by atoms with Crippen LogP contribution in [-0.2, 0) is 6.54 Å². The van der Waals surface area contributed by atoms with Crippen molar-refractivity contribution >= 4 is 0 Å². The van der Waals surface area contributed by atoms with Crippen molar-refractivity contribution in [3.63, 3.8) is 0 Å². The molecule has 2 aliphatic rings. The monoisotopic (exact) mass is 230 g/mol. The summed E-state index contributed by atoms with van der Waals surface area (Å²) in [5.74, 6) is 0.939. The topological polar surface area (TPSA) is 15.3 Å². The third-order valence-electron chi connectivity index (χ3n) is 4.31. The fourth-order valence-corrected chi connectivity index (χ4v) is 3.40. The zero-order chi connectivity index (χ0) is 11.5. The molecule has 0 spiro atoms. The van der Waals surface area contributed by atoms with Gasteiger partial charge >= 0.3 is 0 Å². The van der Waals surface area contributed by atoms with Crippen molar-refractivity contribution < 1.29 is 0 Å². The molecule has 1 aromatic carbocycles. The summed E-state index contributed by atoms with van der Waals surface area (Å²) in [6.45, 7) is 4.82. The van der Waals surface area contributed by atoms with Gasteiger partial charge in [0.25, 0.3) is 0 Å². The van der Waals surface area contributed by atoms with Crippen LogP contribution in [0.5, 0.6) is 0 Å². The first kappa shape index (κ1) is 11.2. The zero-order valence-electron chi connectivity index (χ0n) is 10.4. The van der Waals surface area contributed by atoms with Gasteiger partial charge in [-0.05, 0) is 43.8 Å². The Hall–Kier alpha value is -0.860. The minimum absolute atomic E-state index is 0.776. The molecule has 2 atom stereocenters. The Balaban J connectivity index is 1.69. The minimum atomic E-state index is 0.776. The van der Waals surface area contributed by atoms with E-state index in [4.69, 9.17) is 0 Å². The number of likely N-dealkylation sites (tertiary alicyclic amines) is 1. The highest BCUT2D eigenvalue weighted by molar-refractivity contribution is 5.15. The number of benzene rings is 1. The van der Waals surface area contributed by atoms with E-state index in [-0.39, 0.29) is 0 Å². The lowest BCUT2D eigenvalue weighted by Gasteiger charge is -2.44. The van der Waals surface area contributed by atoms with Gasteiger partial charge in [0.1, 0.15) is 0 Å². The molecule has 0 bridgehead atoms. The van der Waals surface area contributed by atoms with Crippen LogP contribution in [-0.4, -0.2) is 30.6 Å². The molecule has 0 aromatic heterocycles. The van der Waals surface area contributed by atoms with Gasteiger partial charge in [-0.2, -0.15) is 0 Å². The molecule has 0 unspecified atom stereocenters. The van der Waals surface area contributed by atoms with Gasteiger partial charge in [0.15, 0.2) is 0 Å². The molecular weight excluding hydrogens is 208 g/mol. The lowest BCUT2D eigenvalue weighted by molar-refractivity contribution is 0.0642. The second-order valence-corrected chi connectivity index (χ2v) is 5.42. The van der Waals surface area contributed by atoms with E-state index in [0.29, 0.717) is 0 Å². The first-order valence-corrected chi connectivity index (χ1v) is 6.92. The van der Waals surface area contributed by atoms with Gasteiger partial charge in [0.05, 0.1) is 0 Å². The standard InChI is InChI=1S/C15H22N2/c1-2-5-13(6-3-1)12-17-10-4-7-14-8-9-16-11-15(14)17/h1-3,5-6,14-16H,4,7-12H2/t14-,15-/m1/s1. The zero-order valence-corrected chi connectivity index (χ0v) is 10.4. The second-order valence-electron chi connectivity index (χ2n) is 5.42. The van der Waals surface area contributed by atoms with Gasteiger partial charge in [-0.15, -0.1) is 0 Å². The van der Waals surface area contributed by atoms with Crippen LogP contribution in [0, 0.1) is 5.92 Å². The van der Waals surface area contributed by atoms with Crippen molar-refractivity contribution in [3.05, 3.63) is 35.9 Å². The molecule has 0 amide bonds. The van der Waals surface area contributed by atoms with Crippen molar-refractivity contribution in [1.29, 1.82) is 0 Å². The number of rotatable bonds is 2. The molecule has 1 aromatic rings. The summed E-state index contributed by atoms with van der Waals surface area (Å²) in [5, 5.41) is 3.56. The normalized spacial score (nSPS) is 29.9. The Kier molecular flexibility index (Phi) is 3.44. The van der Waals surface area contributed by atoms with Crippen LogP contribution in [0.1, 0.15) is 24.8 Å². The molecule has 2 aliphatic heterocycles. The Morgan fingerprint density at radius 1 is 1.18 bits per heavy atom. The van der Waals surface area contributed by atoms with Crippen molar-refractivity contribution in [3.8, 4) is 0 Å². The minimum Gasteiger partial charge on any atom is -0.315 e. The molecule has 2 heterocycles. The molecule has 1 N–H and O–H groups in total. The Morgan fingerprint density at radius 2 is 2.06 bits per heavy atom. The highest BCUT2D eigenvalue weighted by atomic mass is 15.2. The van der Waals surface area contributed by atoms with Gasteiger partial charge in [0, 0.05) is 19.1 Å². The van der Waals surface area contributed by atoms with Crippen molar-refractivity contribution in [2.24, 2.45) is 5.92 Å². The first-order chi connectivity index (χ1) is 8.43. The van der Waals surface area contributed by atoms with Gasteiger partial charge in [-0.3, -0.25) is 4.90 Å². The van der Waals surface area contributed by atoms with E-state index in [9.17, 15) is 0 Å². The first-order valence-electron chi connectivity index (χ1n) is 6.92. The third-order valence-corrected chi connectivity index (χ3v) is 4.31. The van der Waals surface area contributed by atoms with E-state index >= 15 is 0 Å². The van der Waals surface area contributed by atoms with E-state index in [2.05, 4.69) is 40.5 Å². The molecule has 0 aliphatic carbocycles. The SMILES string of the molecule is c1ccc(CN2CCC[C@@H]3CCNC[C@H]32)cc1. The molecule has 2 heteroatoms. The quantitative estimate of drug-likeness (QED) is 0.838.